The third kappa shape index (κ3) is 3.23. The lowest BCUT2D eigenvalue weighted by Gasteiger charge is -1.77. The van der Waals surface area contributed by atoms with Crippen molar-refractivity contribution in [3.63, 3.8) is 0 Å². The summed E-state index contributed by atoms with van der Waals surface area (Å²) in [5.74, 6) is 0. The van der Waals surface area contributed by atoms with Crippen LogP contribution in [-0.4, -0.2) is 16.4 Å². The van der Waals surface area contributed by atoms with Crippen LogP contribution in [0.25, 0.3) is 0 Å². The molecule has 5 heavy (non-hydrogen) atoms. The minimum Gasteiger partial charge on any atom is -0.464 e. The molecule has 30 valence electrons. The molecule has 1 amide bonds. The van der Waals surface area contributed by atoms with Gasteiger partial charge in [-0.1, -0.05) is 0 Å². The normalized spacial score (nSPS) is 6.60. The van der Waals surface area contributed by atoms with Crippen molar-refractivity contribution >= 4 is 6.09 Å². The van der Waals surface area contributed by atoms with E-state index in [-0.39, 0.29) is 0 Å². The number of hydrogen-bond acceptors (Lipinski definition) is 2. The molecule has 0 saturated carbocycles. The van der Waals surface area contributed by atoms with E-state index >= 15 is 0 Å². The van der Waals surface area contributed by atoms with Crippen LogP contribution in [0.5, 0.6) is 0 Å². The molecule has 4 nitrogen and oxygen atoms in total. The Morgan fingerprint density at radius 3 is 2.00 bits per heavy atom. The zero-order chi connectivity index (χ0) is 4.28. The first-order valence-electron chi connectivity index (χ1n) is 0.901. The van der Waals surface area contributed by atoms with Crippen LogP contribution in [0.4, 0.5) is 4.79 Å². The summed E-state index contributed by atoms with van der Waals surface area (Å²) >= 11 is 0. The van der Waals surface area contributed by atoms with Crippen LogP contribution in [0.3, 0.4) is 0 Å². The van der Waals surface area contributed by atoms with E-state index in [1.54, 1.807) is 0 Å². The van der Waals surface area contributed by atoms with Gasteiger partial charge in [-0.05, 0) is 0 Å². The van der Waals surface area contributed by atoms with E-state index in [1.807, 2.05) is 0 Å². The summed E-state index contributed by atoms with van der Waals surface area (Å²) in [6.45, 7) is 0. The molecule has 0 saturated heterocycles. The minimum absolute atomic E-state index is 0.944. The molecule has 0 spiro atoms. The number of hydroxylamine groups is 1. The van der Waals surface area contributed by atoms with Gasteiger partial charge >= 0.3 is 6.09 Å². The molecule has 3 N–H and O–H groups in total. The molecule has 0 aliphatic carbocycles. The molecule has 0 atom stereocenters. The van der Waals surface area contributed by atoms with E-state index in [2.05, 4.69) is 0 Å². The van der Waals surface area contributed by atoms with Gasteiger partial charge in [-0.25, -0.2) is 10.3 Å². The number of carboxylic acid groups (broad SMARTS) is 1. The SMILES string of the molecule is O=C(O)NO. The highest BCUT2D eigenvalue weighted by Crippen LogP contribution is 1.45. The van der Waals surface area contributed by atoms with Crippen molar-refractivity contribution in [1.82, 2.24) is 5.48 Å². The fraction of sp³-hybridized carbons (Fsp3) is 0. The molecule has 0 aromatic heterocycles. The van der Waals surface area contributed by atoms with Crippen LogP contribution >= 0.6 is 0 Å². The lowest BCUT2D eigenvalue weighted by atomic mass is 11.3. The Bertz CT molecular complexity index is 42.2. The van der Waals surface area contributed by atoms with Crippen molar-refractivity contribution in [2.24, 2.45) is 0 Å². The number of nitrogens with one attached hydrogen (secondary N) is 1. The maximum atomic E-state index is 9.01. The van der Waals surface area contributed by atoms with Gasteiger partial charge in [0.05, 0.1) is 0 Å². The van der Waals surface area contributed by atoms with Gasteiger partial charge < -0.3 is 5.11 Å². The third-order valence-corrected chi connectivity index (χ3v) is 0.0956. The topological polar surface area (TPSA) is 69.6 Å². The van der Waals surface area contributed by atoms with E-state index in [9.17, 15) is 0 Å². The molecule has 0 radical (unpaired) electrons. The second kappa shape index (κ2) is 1.54. The summed E-state index contributed by atoms with van der Waals surface area (Å²) in [5.41, 5.74) is 0.944. The summed E-state index contributed by atoms with van der Waals surface area (Å²) in [6, 6.07) is 0. The Morgan fingerprint density at radius 1 is 1.80 bits per heavy atom. The highest BCUT2D eigenvalue weighted by atomic mass is 16.5. The van der Waals surface area contributed by atoms with Crippen molar-refractivity contribution in [2.75, 3.05) is 0 Å². The largest absolute Gasteiger partial charge is 0.464 e. The molecule has 0 rings (SSSR count). The Kier molecular flexibility index (Phi) is 1.30. The summed E-state index contributed by atoms with van der Waals surface area (Å²) in [4.78, 5) is 9.01. The van der Waals surface area contributed by atoms with Gasteiger partial charge in [0, 0.05) is 0 Å². The molecular weight excluding hydrogens is 74.0 g/mol. The maximum Gasteiger partial charge on any atom is 0.428 e. The standard InChI is InChI=1S/CH3NO3/c3-1(4)2-5/h2,5H,(H,3,4). The van der Waals surface area contributed by atoms with Gasteiger partial charge in [-0.3, -0.25) is 5.21 Å². The van der Waals surface area contributed by atoms with Crippen LogP contribution in [-0.2, 0) is 0 Å². The predicted molar refractivity (Wildman–Crippen MR) is 12.9 cm³/mol. The van der Waals surface area contributed by atoms with Crippen molar-refractivity contribution in [2.45, 2.75) is 0 Å². The predicted octanol–water partition coefficient (Wildman–Crippen LogP) is -0.357. The average Bonchev–Trinajstić information content (AvgIpc) is 1.38. The summed E-state index contributed by atoms with van der Waals surface area (Å²) in [5, 5.41) is 14.7. The lowest BCUT2D eigenvalue weighted by Crippen LogP contribution is -2.14. The van der Waals surface area contributed by atoms with E-state index in [0.717, 1.165) is 5.48 Å². The first-order valence-corrected chi connectivity index (χ1v) is 0.901. The molecule has 0 heterocycles. The smallest absolute Gasteiger partial charge is 0.428 e. The highest BCUT2D eigenvalue weighted by molar-refractivity contribution is 5.62. The Labute approximate surface area is 28.0 Å². The summed E-state index contributed by atoms with van der Waals surface area (Å²) in [6.07, 6.45) is -1.44. The molecular formula is CH3NO3. The van der Waals surface area contributed by atoms with Crippen molar-refractivity contribution < 1.29 is 15.1 Å². The molecule has 0 unspecified atom stereocenters. The van der Waals surface area contributed by atoms with Gasteiger partial charge in [0.1, 0.15) is 0 Å². The van der Waals surface area contributed by atoms with Crippen LogP contribution in [0.2, 0.25) is 0 Å². The molecule has 0 bridgehead atoms. The summed E-state index contributed by atoms with van der Waals surface area (Å²) in [7, 11) is 0. The lowest BCUT2D eigenvalue weighted by molar-refractivity contribution is 0.122. The number of hydrogen-bond donors (Lipinski definition) is 3. The molecule has 0 aromatic rings. The van der Waals surface area contributed by atoms with Crippen LogP contribution in [0, 0.1) is 0 Å². The zero-order valence-electron chi connectivity index (χ0n) is 2.30. The highest BCUT2D eigenvalue weighted by Gasteiger charge is 1.79. The van der Waals surface area contributed by atoms with Crippen LogP contribution < -0.4 is 5.48 Å². The monoisotopic (exact) mass is 77.0 g/mol. The van der Waals surface area contributed by atoms with E-state index in [4.69, 9.17) is 15.1 Å². The van der Waals surface area contributed by atoms with E-state index in [0.29, 0.717) is 0 Å². The van der Waals surface area contributed by atoms with E-state index in [1.165, 1.54) is 0 Å². The number of carbonyl (C=O) groups is 1. The zero-order valence-corrected chi connectivity index (χ0v) is 2.30. The van der Waals surface area contributed by atoms with Crippen molar-refractivity contribution in [3.8, 4) is 0 Å². The van der Waals surface area contributed by atoms with Crippen molar-refractivity contribution in [3.05, 3.63) is 0 Å². The second-order valence-corrected chi connectivity index (χ2v) is 0.417. The minimum atomic E-state index is -1.44. The summed E-state index contributed by atoms with van der Waals surface area (Å²) < 4.78 is 0. The Hall–Kier alpha value is -0.770. The second-order valence-electron chi connectivity index (χ2n) is 0.417. The van der Waals surface area contributed by atoms with Crippen LogP contribution in [0.15, 0.2) is 0 Å². The molecule has 0 aromatic carbocycles. The third-order valence-electron chi connectivity index (χ3n) is 0.0956. The quantitative estimate of drug-likeness (QED) is 0.273. The first-order chi connectivity index (χ1) is 2.27. The number of amides is 1. The first kappa shape index (κ1) is 4.23. The van der Waals surface area contributed by atoms with Gasteiger partial charge in [-0.15, -0.1) is 0 Å². The molecule has 4 heteroatoms. The molecule has 0 aliphatic rings. The van der Waals surface area contributed by atoms with Gasteiger partial charge in [0.2, 0.25) is 0 Å². The molecule has 0 fully saturated rings. The molecule has 0 aliphatic heterocycles. The van der Waals surface area contributed by atoms with Crippen LogP contribution in [0.1, 0.15) is 0 Å². The maximum absolute atomic E-state index is 9.01. The Morgan fingerprint density at radius 2 is 2.00 bits per heavy atom. The average molecular weight is 77.0 g/mol. The fourth-order valence-corrected chi connectivity index (χ4v) is 0. The van der Waals surface area contributed by atoms with Gasteiger partial charge in [-0.2, -0.15) is 0 Å². The number of rotatable bonds is 0. The van der Waals surface area contributed by atoms with Gasteiger partial charge in [0.15, 0.2) is 0 Å². The Balaban J connectivity index is 2.85. The van der Waals surface area contributed by atoms with Crippen molar-refractivity contribution in [1.29, 1.82) is 0 Å². The van der Waals surface area contributed by atoms with E-state index < -0.39 is 6.09 Å². The fourth-order valence-electron chi connectivity index (χ4n) is 0. The van der Waals surface area contributed by atoms with Gasteiger partial charge in [0.25, 0.3) is 0 Å².